The maximum absolute atomic E-state index is 16.9. The van der Waals surface area contributed by atoms with Crippen LogP contribution >= 0.6 is 0 Å². The van der Waals surface area contributed by atoms with Crippen LogP contribution in [0.2, 0.25) is 0 Å². The monoisotopic (exact) mass is 1190 g/mol. The number of ether oxygens (including phenoxy) is 1. The van der Waals surface area contributed by atoms with Crippen LogP contribution in [0.1, 0.15) is 91.0 Å². The summed E-state index contributed by atoms with van der Waals surface area (Å²) >= 11 is 0. The number of piperazine rings is 2. The van der Waals surface area contributed by atoms with E-state index in [4.69, 9.17) is 22.8 Å². The summed E-state index contributed by atoms with van der Waals surface area (Å²) in [4.78, 5) is 46.6. The summed E-state index contributed by atoms with van der Waals surface area (Å²) in [5, 5.41) is 16.4. The second kappa shape index (κ2) is 21.1. The number of aromatic nitrogens is 4. The number of sulfonamides is 2. The molecule has 2 amide bonds. The SMILES string of the molecule is Cc1ccc(C)c([N+]2([C@H]3CN(S(=O)(=O)c4c(C)noc4C)C[C@@H]3c3c(C)noc3C)CCN(C(=O)C3(OC(=O)C(F)(F)F)CN(C=O)CC[N@+]3(c3cc(C)ccc3C)[C@H]3CN(S(=O)(=O)c4c(C)noc4C)C[C@@H]3c3c(C)noc3C)CC2)c1. The van der Waals surface area contributed by atoms with Gasteiger partial charge in [0.1, 0.15) is 82.3 Å². The predicted molar refractivity (Wildman–Crippen MR) is 294 cm³/mol. The molecule has 83 heavy (non-hydrogen) atoms. The third-order valence-corrected chi connectivity index (χ3v) is 22.2. The molecule has 22 nitrogen and oxygen atoms in total. The van der Waals surface area contributed by atoms with Gasteiger partial charge in [0.25, 0.3) is 0 Å². The minimum absolute atomic E-state index is 0.00709. The van der Waals surface area contributed by atoms with E-state index >= 15 is 26.4 Å². The number of benzene rings is 2. The van der Waals surface area contributed by atoms with Crippen LogP contribution in [-0.2, 0) is 39.2 Å². The molecule has 4 aliphatic rings. The summed E-state index contributed by atoms with van der Waals surface area (Å²) < 4.78 is 136. The Morgan fingerprint density at radius 1 is 0.614 bits per heavy atom. The number of rotatable bonds is 13. The van der Waals surface area contributed by atoms with Gasteiger partial charge in [-0.2, -0.15) is 21.8 Å². The van der Waals surface area contributed by atoms with Gasteiger partial charge in [0.2, 0.25) is 26.5 Å². The van der Waals surface area contributed by atoms with Crippen molar-refractivity contribution in [1.82, 2.24) is 48.0 Å². The van der Waals surface area contributed by atoms with Crippen LogP contribution in [0.25, 0.3) is 0 Å². The molecule has 0 radical (unpaired) electrons. The van der Waals surface area contributed by atoms with Crippen molar-refractivity contribution >= 4 is 49.7 Å². The molecule has 4 aromatic heterocycles. The second-order valence-electron chi connectivity index (χ2n) is 23.0. The molecule has 6 aromatic rings. The van der Waals surface area contributed by atoms with Crippen LogP contribution in [0.15, 0.2) is 64.3 Å². The lowest BCUT2D eigenvalue weighted by Gasteiger charge is -2.59. The normalized spacial score (nSPS) is 24.7. The standard InChI is InChI=1S/C56H69F3N10O12S2/c1-31-13-15-33(3)45(23-31)68(47-27-66(25-43(47)49-35(5)60-78-39(49)9)82(73,74)51-37(7)62-80-41(51)11)20-18-65(19-21-68)53(71)55(77-54(72)56(57,58)59)29-64(30-70)17-22-69(55,46-24-32(2)14-16-34(46)4)48-28-67(26-44(48)50-36(6)61-79-40(50)10)83(75,76)52-38(8)63-81-42(52)12/h13-16,23-24,30,43-44,47-48H,17-22,25-29H2,1-12H3/q+2/t43-,44-,47-,48-,55?,69-/m0/s1. The Bertz CT molecular complexity index is 3710. The molecule has 10 rings (SSSR count). The van der Waals surface area contributed by atoms with Gasteiger partial charge in [0.15, 0.2) is 11.5 Å². The maximum atomic E-state index is 16.9. The number of esters is 1. The first-order valence-corrected chi connectivity index (χ1v) is 30.2. The topological polar surface area (TPSA) is 246 Å². The van der Waals surface area contributed by atoms with Gasteiger partial charge in [-0.1, -0.05) is 44.9 Å². The number of quaternary nitrogens is 2. The number of nitrogens with zero attached hydrogens (tertiary/aromatic N) is 10. The predicted octanol–water partition coefficient (Wildman–Crippen LogP) is 6.48. The van der Waals surface area contributed by atoms with Crippen molar-refractivity contribution in [2.75, 3.05) is 72.0 Å². The Morgan fingerprint density at radius 3 is 1.51 bits per heavy atom. The highest BCUT2D eigenvalue weighted by Crippen LogP contribution is 2.52. The Kier molecular flexibility index (Phi) is 15.1. The number of alkyl halides is 3. The Hall–Kier alpha value is -6.78. The molecule has 4 fully saturated rings. The number of hydrogen-bond donors (Lipinski definition) is 0. The lowest BCUT2D eigenvalue weighted by molar-refractivity contribution is -0.242. The molecule has 8 heterocycles. The zero-order valence-corrected chi connectivity index (χ0v) is 50.1. The molecule has 2 aromatic carbocycles. The van der Waals surface area contributed by atoms with E-state index in [1.165, 1.54) is 34.3 Å². The highest BCUT2D eigenvalue weighted by molar-refractivity contribution is 7.89. The molecule has 27 heteroatoms. The molecule has 0 bridgehead atoms. The summed E-state index contributed by atoms with van der Waals surface area (Å²) in [5.41, 5.74) is 3.15. The van der Waals surface area contributed by atoms with Gasteiger partial charge < -0.3 is 32.6 Å². The average Bonchev–Trinajstić information content (AvgIpc) is 1.88. The first-order valence-electron chi connectivity index (χ1n) is 27.4. The van der Waals surface area contributed by atoms with Crippen LogP contribution in [0.3, 0.4) is 0 Å². The first kappa shape index (κ1) is 59.4. The number of carbonyl (C=O) groups is 3. The van der Waals surface area contributed by atoms with Gasteiger partial charge in [-0.15, -0.1) is 0 Å². The van der Waals surface area contributed by atoms with Gasteiger partial charge in [-0.25, -0.2) is 26.1 Å². The van der Waals surface area contributed by atoms with Gasteiger partial charge >= 0.3 is 23.8 Å². The van der Waals surface area contributed by atoms with Crippen LogP contribution in [0, 0.1) is 83.1 Å². The second-order valence-corrected chi connectivity index (χ2v) is 26.7. The van der Waals surface area contributed by atoms with Crippen molar-refractivity contribution in [3.8, 4) is 0 Å². The summed E-state index contributed by atoms with van der Waals surface area (Å²) in [5.74, 6) is -4.49. The van der Waals surface area contributed by atoms with E-state index in [-0.39, 0.29) is 108 Å². The van der Waals surface area contributed by atoms with Crippen molar-refractivity contribution in [2.24, 2.45) is 0 Å². The van der Waals surface area contributed by atoms with E-state index in [0.717, 1.165) is 21.7 Å². The fourth-order valence-electron chi connectivity index (χ4n) is 14.3. The van der Waals surface area contributed by atoms with Crippen molar-refractivity contribution in [1.29, 1.82) is 0 Å². The largest absolute Gasteiger partial charge is 0.491 e. The van der Waals surface area contributed by atoms with Crippen LogP contribution < -0.4 is 8.97 Å². The molecule has 446 valence electrons. The third kappa shape index (κ3) is 9.48. The number of hydrogen-bond acceptors (Lipinski definition) is 16. The van der Waals surface area contributed by atoms with Crippen molar-refractivity contribution < 1.29 is 67.2 Å². The smallest absolute Gasteiger partial charge is 0.392 e. The minimum atomic E-state index is -5.69. The number of halogens is 3. The highest BCUT2D eigenvalue weighted by Gasteiger charge is 2.73. The molecule has 0 aliphatic carbocycles. The van der Waals surface area contributed by atoms with E-state index in [0.29, 0.717) is 45.8 Å². The maximum Gasteiger partial charge on any atom is 0.491 e. The van der Waals surface area contributed by atoms with E-state index < -0.39 is 85.3 Å². The lowest BCUT2D eigenvalue weighted by atomic mass is 9.84. The molecule has 0 spiro atoms. The lowest BCUT2D eigenvalue weighted by Crippen LogP contribution is -2.85. The first-order chi connectivity index (χ1) is 38.9. The van der Waals surface area contributed by atoms with E-state index in [1.54, 1.807) is 66.7 Å². The zero-order valence-electron chi connectivity index (χ0n) is 48.5. The average molecular weight is 1200 g/mol. The summed E-state index contributed by atoms with van der Waals surface area (Å²) in [6.07, 6.45) is -5.30. The minimum Gasteiger partial charge on any atom is -0.392 e. The molecular formula is C56H69F3N10O12S2+2. The van der Waals surface area contributed by atoms with Crippen molar-refractivity contribution in [3.63, 3.8) is 0 Å². The van der Waals surface area contributed by atoms with Gasteiger partial charge in [-0.3, -0.25) is 14.1 Å². The Morgan fingerprint density at radius 2 is 1.06 bits per heavy atom. The molecule has 4 saturated heterocycles. The fraction of sp³-hybridized carbons (Fsp3) is 0.518. The van der Waals surface area contributed by atoms with Gasteiger partial charge in [0.05, 0.1) is 55.9 Å². The van der Waals surface area contributed by atoms with Gasteiger partial charge in [-0.05, 0) is 94.2 Å². The van der Waals surface area contributed by atoms with Crippen LogP contribution in [-0.4, -0.2) is 170 Å². The molecule has 0 saturated carbocycles. The number of aryl methyl sites for hydroxylation is 12. The highest BCUT2D eigenvalue weighted by atomic mass is 32.2. The van der Waals surface area contributed by atoms with E-state index in [9.17, 15) is 18.0 Å². The Balaban J connectivity index is 1.18. The number of carbonyl (C=O) groups excluding carboxylic acids is 3. The zero-order chi connectivity index (χ0) is 60.3. The van der Waals surface area contributed by atoms with Crippen molar-refractivity contribution in [3.05, 3.63) is 116 Å². The van der Waals surface area contributed by atoms with Crippen LogP contribution in [0.5, 0.6) is 0 Å². The summed E-state index contributed by atoms with van der Waals surface area (Å²) in [7, 11) is -8.83. The number of amides is 2. The fourth-order valence-corrected chi connectivity index (χ4v) is 17.9. The molecule has 6 atom stereocenters. The van der Waals surface area contributed by atoms with Crippen molar-refractivity contribution in [2.45, 2.75) is 129 Å². The van der Waals surface area contributed by atoms with Gasteiger partial charge in [0, 0.05) is 47.5 Å². The van der Waals surface area contributed by atoms with E-state index in [2.05, 4.69) is 20.6 Å². The van der Waals surface area contributed by atoms with Crippen LogP contribution in [0.4, 0.5) is 24.5 Å². The quantitative estimate of drug-likeness (QED) is 0.0682. The molecule has 0 N–H and O–H groups in total. The summed E-state index contributed by atoms with van der Waals surface area (Å²) in [6, 6.07) is 9.29. The molecular weight excluding hydrogens is 1130 g/mol. The molecule has 4 aliphatic heterocycles. The summed E-state index contributed by atoms with van der Waals surface area (Å²) in [6.45, 7) is 17.6. The Labute approximate surface area is 479 Å². The third-order valence-electron chi connectivity index (χ3n) is 18.0. The van der Waals surface area contributed by atoms with E-state index in [1.807, 2.05) is 32.0 Å². The molecule has 1 unspecified atom stereocenters.